The highest BCUT2D eigenvalue weighted by molar-refractivity contribution is 5.95. The van der Waals surface area contributed by atoms with Gasteiger partial charge in [-0.3, -0.25) is 4.79 Å². The van der Waals surface area contributed by atoms with Gasteiger partial charge in [0.15, 0.2) is 0 Å². The molecule has 2 aromatic carbocycles. The third-order valence-electron chi connectivity index (χ3n) is 4.61. The van der Waals surface area contributed by atoms with Crippen molar-refractivity contribution >= 4 is 5.91 Å². The summed E-state index contributed by atoms with van der Waals surface area (Å²) in [6.45, 7) is 2.40. The van der Waals surface area contributed by atoms with Gasteiger partial charge in [-0.25, -0.2) is 0 Å². The molecule has 1 aliphatic rings. The van der Waals surface area contributed by atoms with Crippen LogP contribution in [0.5, 0.6) is 5.75 Å². The number of phenolic OH excluding ortho intramolecular Hbond substituents is 1. The molecule has 138 valence electrons. The van der Waals surface area contributed by atoms with Gasteiger partial charge in [0, 0.05) is 32.4 Å². The molecule has 0 aliphatic carbocycles. The van der Waals surface area contributed by atoms with E-state index >= 15 is 0 Å². The molecule has 1 amide bonds. The minimum Gasteiger partial charge on any atom is -0.508 e. The first-order valence-corrected chi connectivity index (χ1v) is 8.96. The Morgan fingerprint density at radius 3 is 2.73 bits per heavy atom. The van der Waals surface area contributed by atoms with Crippen molar-refractivity contribution in [2.24, 2.45) is 0 Å². The summed E-state index contributed by atoms with van der Waals surface area (Å²) in [5.41, 5.74) is 2.55. The Balaban J connectivity index is 1.79. The lowest BCUT2D eigenvalue weighted by Crippen LogP contribution is -2.39. The number of benzene rings is 2. The molecule has 1 heterocycles. The van der Waals surface area contributed by atoms with Gasteiger partial charge in [-0.15, -0.1) is 0 Å². The number of aromatic hydroxyl groups is 1. The van der Waals surface area contributed by atoms with Gasteiger partial charge in [0.25, 0.3) is 5.91 Å². The average Bonchev–Trinajstić information content (AvgIpc) is 3.18. The molecule has 26 heavy (non-hydrogen) atoms. The number of hydrogen-bond acceptors (Lipinski definition) is 4. The Morgan fingerprint density at radius 2 is 2.04 bits per heavy atom. The number of carbonyl (C=O) groups excluding carboxylic acids is 1. The molecule has 0 aromatic heterocycles. The van der Waals surface area contributed by atoms with Crippen molar-refractivity contribution in [3.63, 3.8) is 0 Å². The molecule has 5 heteroatoms. The fourth-order valence-electron chi connectivity index (χ4n) is 3.18. The first kappa shape index (κ1) is 18.4. The van der Waals surface area contributed by atoms with E-state index < -0.39 is 0 Å². The second-order valence-electron chi connectivity index (χ2n) is 6.51. The number of hydrogen-bond donors (Lipinski definition) is 1. The Hall–Kier alpha value is -2.37. The van der Waals surface area contributed by atoms with Crippen molar-refractivity contribution in [2.45, 2.75) is 18.9 Å². The quantitative estimate of drug-likeness (QED) is 0.828. The summed E-state index contributed by atoms with van der Waals surface area (Å²) in [7, 11) is 1.64. The van der Waals surface area contributed by atoms with Crippen LogP contribution in [-0.2, 0) is 9.47 Å². The summed E-state index contributed by atoms with van der Waals surface area (Å²) in [5, 5.41) is 9.45. The van der Waals surface area contributed by atoms with Crippen LogP contribution in [0, 0.1) is 0 Å². The van der Waals surface area contributed by atoms with E-state index in [2.05, 4.69) is 0 Å². The number of ether oxygens (including phenoxy) is 2. The second kappa shape index (κ2) is 8.83. The van der Waals surface area contributed by atoms with Gasteiger partial charge >= 0.3 is 0 Å². The highest BCUT2D eigenvalue weighted by Gasteiger charge is 2.23. The second-order valence-corrected chi connectivity index (χ2v) is 6.51. The lowest BCUT2D eigenvalue weighted by atomic mass is 10.0. The average molecular weight is 355 g/mol. The molecule has 1 N–H and O–H groups in total. The number of nitrogens with zero attached hydrogens (tertiary/aromatic N) is 1. The number of amides is 1. The Morgan fingerprint density at radius 1 is 1.23 bits per heavy atom. The maximum Gasteiger partial charge on any atom is 0.254 e. The highest BCUT2D eigenvalue weighted by Crippen LogP contribution is 2.23. The van der Waals surface area contributed by atoms with E-state index in [1.54, 1.807) is 19.2 Å². The normalized spacial score (nSPS) is 16.6. The van der Waals surface area contributed by atoms with Crippen LogP contribution >= 0.6 is 0 Å². The Bertz CT molecular complexity index is 723. The van der Waals surface area contributed by atoms with E-state index in [0.717, 1.165) is 30.6 Å². The van der Waals surface area contributed by atoms with Crippen molar-refractivity contribution in [3.05, 3.63) is 54.1 Å². The summed E-state index contributed by atoms with van der Waals surface area (Å²) in [4.78, 5) is 14.9. The van der Waals surface area contributed by atoms with Crippen LogP contribution in [0.4, 0.5) is 0 Å². The Labute approximate surface area is 154 Å². The summed E-state index contributed by atoms with van der Waals surface area (Å²) in [6, 6.07) is 14.5. The fraction of sp³-hybridized carbons (Fsp3) is 0.381. The predicted molar refractivity (Wildman–Crippen MR) is 100 cm³/mol. The van der Waals surface area contributed by atoms with E-state index in [9.17, 15) is 9.90 Å². The van der Waals surface area contributed by atoms with E-state index in [-0.39, 0.29) is 17.8 Å². The molecular weight excluding hydrogens is 330 g/mol. The minimum atomic E-state index is -0.0156. The summed E-state index contributed by atoms with van der Waals surface area (Å²) in [6.07, 6.45) is 2.15. The predicted octanol–water partition coefficient (Wildman–Crippen LogP) is 3.33. The molecule has 1 aliphatic heterocycles. The van der Waals surface area contributed by atoms with Crippen molar-refractivity contribution in [3.8, 4) is 16.9 Å². The van der Waals surface area contributed by atoms with Crippen molar-refractivity contribution in [1.29, 1.82) is 0 Å². The molecule has 1 saturated heterocycles. The molecule has 0 bridgehead atoms. The first-order valence-electron chi connectivity index (χ1n) is 8.96. The lowest BCUT2D eigenvalue weighted by molar-refractivity contribution is 0.0456. The molecule has 1 atom stereocenters. The maximum absolute atomic E-state index is 13.1. The van der Waals surface area contributed by atoms with Gasteiger partial charge in [-0.2, -0.15) is 0 Å². The molecule has 2 aromatic rings. The molecule has 1 fully saturated rings. The SMILES string of the molecule is COCCN(C[C@H]1CCCO1)C(=O)c1cccc(-c2ccc(O)cc2)c1. The zero-order valence-electron chi connectivity index (χ0n) is 15.1. The van der Waals surface area contributed by atoms with Crippen LogP contribution in [0.1, 0.15) is 23.2 Å². The molecular formula is C21H25NO4. The summed E-state index contributed by atoms with van der Waals surface area (Å²) < 4.78 is 10.9. The van der Waals surface area contributed by atoms with Crippen LogP contribution in [0.25, 0.3) is 11.1 Å². The van der Waals surface area contributed by atoms with Crippen LogP contribution in [-0.4, -0.2) is 55.4 Å². The summed E-state index contributed by atoms with van der Waals surface area (Å²) in [5.74, 6) is 0.210. The van der Waals surface area contributed by atoms with Crippen LogP contribution < -0.4 is 0 Å². The number of rotatable bonds is 7. The van der Waals surface area contributed by atoms with Crippen molar-refractivity contribution in [2.75, 3.05) is 33.4 Å². The Kier molecular flexibility index (Phi) is 6.26. The number of carbonyl (C=O) groups is 1. The third kappa shape index (κ3) is 4.62. The maximum atomic E-state index is 13.1. The third-order valence-corrected chi connectivity index (χ3v) is 4.61. The largest absolute Gasteiger partial charge is 0.508 e. The highest BCUT2D eigenvalue weighted by atomic mass is 16.5. The molecule has 0 spiro atoms. The minimum absolute atomic E-state index is 0.0156. The van der Waals surface area contributed by atoms with E-state index in [0.29, 0.717) is 25.3 Å². The molecule has 0 unspecified atom stereocenters. The smallest absolute Gasteiger partial charge is 0.254 e. The van der Waals surface area contributed by atoms with Crippen LogP contribution in [0.2, 0.25) is 0 Å². The molecule has 0 radical (unpaired) electrons. The van der Waals surface area contributed by atoms with Gasteiger partial charge < -0.3 is 19.5 Å². The van der Waals surface area contributed by atoms with Gasteiger partial charge in [0.2, 0.25) is 0 Å². The van der Waals surface area contributed by atoms with E-state index in [4.69, 9.17) is 9.47 Å². The van der Waals surface area contributed by atoms with Gasteiger partial charge in [-0.05, 0) is 48.2 Å². The van der Waals surface area contributed by atoms with Crippen LogP contribution in [0.15, 0.2) is 48.5 Å². The van der Waals surface area contributed by atoms with E-state index in [1.165, 1.54) is 0 Å². The number of phenols is 1. The van der Waals surface area contributed by atoms with E-state index in [1.807, 2.05) is 41.3 Å². The number of methoxy groups -OCH3 is 1. The monoisotopic (exact) mass is 355 g/mol. The fourth-order valence-corrected chi connectivity index (χ4v) is 3.18. The zero-order chi connectivity index (χ0) is 18.4. The van der Waals surface area contributed by atoms with Crippen LogP contribution in [0.3, 0.4) is 0 Å². The van der Waals surface area contributed by atoms with Gasteiger partial charge in [0.05, 0.1) is 12.7 Å². The topological polar surface area (TPSA) is 59.0 Å². The molecule has 5 nitrogen and oxygen atoms in total. The molecule has 0 saturated carbocycles. The van der Waals surface area contributed by atoms with Gasteiger partial charge in [-0.1, -0.05) is 24.3 Å². The molecule has 3 rings (SSSR count). The van der Waals surface area contributed by atoms with Crippen molar-refractivity contribution < 1.29 is 19.4 Å². The lowest BCUT2D eigenvalue weighted by Gasteiger charge is -2.25. The first-order chi connectivity index (χ1) is 12.7. The summed E-state index contributed by atoms with van der Waals surface area (Å²) >= 11 is 0. The van der Waals surface area contributed by atoms with Crippen molar-refractivity contribution in [1.82, 2.24) is 4.90 Å². The van der Waals surface area contributed by atoms with Gasteiger partial charge in [0.1, 0.15) is 5.75 Å². The standard InChI is InChI=1S/C21H25NO4/c1-25-13-11-22(15-20-6-3-12-26-20)21(24)18-5-2-4-17(14-18)16-7-9-19(23)10-8-16/h2,4-5,7-10,14,20,23H,3,6,11-13,15H2,1H3/t20-/m1/s1. The zero-order valence-corrected chi connectivity index (χ0v) is 15.1.